The summed E-state index contributed by atoms with van der Waals surface area (Å²) in [5, 5.41) is 5.03. The van der Waals surface area contributed by atoms with Gasteiger partial charge in [-0.05, 0) is 53.1 Å². The number of nitrogens with two attached hydrogens (primary N) is 1. The number of halogens is 1. The predicted octanol–water partition coefficient (Wildman–Crippen LogP) is 2.64. The average Bonchev–Trinajstić information content (AvgIpc) is 2.73. The van der Waals surface area contributed by atoms with E-state index in [2.05, 4.69) is 21.2 Å². The Bertz CT molecular complexity index is 386. The molecule has 17 heavy (non-hydrogen) atoms. The highest BCUT2D eigenvalue weighted by molar-refractivity contribution is 9.10. The molecule has 1 aliphatic rings. The highest BCUT2D eigenvalue weighted by atomic mass is 79.9. The summed E-state index contributed by atoms with van der Waals surface area (Å²) >= 11 is 5.12. The highest BCUT2D eigenvalue weighted by Crippen LogP contribution is 2.25. The van der Waals surface area contributed by atoms with Gasteiger partial charge in [0.05, 0.1) is 6.54 Å². The van der Waals surface area contributed by atoms with Gasteiger partial charge in [-0.15, -0.1) is 11.3 Å². The van der Waals surface area contributed by atoms with Crippen molar-refractivity contribution in [3.05, 3.63) is 20.8 Å². The SMILES string of the molecule is NC1CCC(C(=O)NCc2sccc2Br)CC1. The maximum absolute atomic E-state index is 11.9. The first-order valence-corrected chi connectivity index (χ1v) is 7.59. The summed E-state index contributed by atoms with van der Waals surface area (Å²) in [5.41, 5.74) is 5.83. The highest BCUT2D eigenvalue weighted by Gasteiger charge is 2.24. The van der Waals surface area contributed by atoms with Crippen molar-refractivity contribution >= 4 is 33.2 Å². The molecule has 0 radical (unpaired) electrons. The number of hydrogen-bond acceptors (Lipinski definition) is 3. The van der Waals surface area contributed by atoms with Crippen LogP contribution in [0.4, 0.5) is 0 Å². The Morgan fingerprint density at radius 2 is 2.18 bits per heavy atom. The summed E-state index contributed by atoms with van der Waals surface area (Å²) in [4.78, 5) is 13.1. The molecule has 1 aromatic rings. The van der Waals surface area contributed by atoms with Gasteiger partial charge in [0.15, 0.2) is 0 Å². The largest absolute Gasteiger partial charge is 0.351 e. The molecule has 0 atom stereocenters. The van der Waals surface area contributed by atoms with Crippen LogP contribution in [0.25, 0.3) is 0 Å². The number of carbonyl (C=O) groups excluding carboxylic acids is 1. The van der Waals surface area contributed by atoms with Crippen LogP contribution in [0.1, 0.15) is 30.6 Å². The standard InChI is InChI=1S/C12H17BrN2OS/c13-10-5-6-17-11(10)7-15-12(16)8-1-3-9(14)4-2-8/h5-6,8-9H,1-4,7,14H2,(H,15,16). The zero-order valence-corrected chi connectivity index (χ0v) is 12.0. The van der Waals surface area contributed by atoms with Crippen LogP contribution >= 0.6 is 27.3 Å². The van der Waals surface area contributed by atoms with Gasteiger partial charge in [0.1, 0.15) is 0 Å². The summed E-state index contributed by atoms with van der Waals surface area (Å²) in [5.74, 6) is 0.339. The second-order valence-electron chi connectivity index (χ2n) is 4.52. The van der Waals surface area contributed by atoms with E-state index >= 15 is 0 Å². The van der Waals surface area contributed by atoms with Gasteiger partial charge < -0.3 is 11.1 Å². The molecule has 5 heteroatoms. The predicted molar refractivity (Wildman–Crippen MR) is 73.8 cm³/mol. The topological polar surface area (TPSA) is 55.1 Å². The van der Waals surface area contributed by atoms with Crippen LogP contribution in [0.2, 0.25) is 0 Å². The molecule has 1 aromatic heterocycles. The van der Waals surface area contributed by atoms with Crippen molar-refractivity contribution < 1.29 is 4.79 Å². The lowest BCUT2D eigenvalue weighted by atomic mass is 9.86. The zero-order valence-electron chi connectivity index (χ0n) is 9.62. The Labute approximate surface area is 114 Å². The van der Waals surface area contributed by atoms with E-state index in [4.69, 9.17) is 5.73 Å². The molecule has 2 rings (SSSR count). The lowest BCUT2D eigenvalue weighted by Gasteiger charge is -2.25. The number of carbonyl (C=O) groups is 1. The minimum absolute atomic E-state index is 0.161. The first-order chi connectivity index (χ1) is 8.16. The van der Waals surface area contributed by atoms with Crippen LogP contribution < -0.4 is 11.1 Å². The third-order valence-electron chi connectivity index (χ3n) is 3.26. The Morgan fingerprint density at radius 3 is 2.76 bits per heavy atom. The van der Waals surface area contributed by atoms with Gasteiger partial charge in [-0.3, -0.25) is 4.79 Å². The fraction of sp³-hybridized carbons (Fsp3) is 0.583. The van der Waals surface area contributed by atoms with Crippen molar-refractivity contribution in [2.24, 2.45) is 11.7 Å². The van der Waals surface area contributed by atoms with Gasteiger partial charge in [0, 0.05) is 21.3 Å². The number of rotatable bonds is 3. The van der Waals surface area contributed by atoms with Crippen molar-refractivity contribution in [3.8, 4) is 0 Å². The summed E-state index contributed by atoms with van der Waals surface area (Å²) in [6.45, 7) is 0.625. The van der Waals surface area contributed by atoms with Crippen LogP contribution in [0.15, 0.2) is 15.9 Å². The molecule has 1 amide bonds. The molecule has 0 aromatic carbocycles. The molecule has 3 nitrogen and oxygen atoms in total. The van der Waals surface area contributed by atoms with Gasteiger partial charge >= 0.3 is 0 Å². The molecule has 1 saturated carbocycles. The quantitative estimate of drug-likeness (QED) is 0.900. The Morgan fingerprint density at radius 1 is 1.47 bits per heavy atom. The number of nitrogens with one attached hydrogen (secondary N) is 1. The van der Waals surface area contributed by atoms with Crippen LogP contribution in [-0.2, 0) is 11.3 Å². The minimum atomic E-state index is 0.161. The Kier molecular flexibility index (Phi) is 4.59. The van der Waals surface area contributed by atoms with Gasteiger partial charge in [0.25, 0.3) is 0 Å². The molecule has 3 N–H and O–H groups in total. The van der Waals surface area contributed by atoms with E-state index in [-0.39, 0.29) is 11.8 Å². The van der Waals surface area contributed by atoms with Crippen LogP contribution in [0.5, 0.6) is 0 Å². The van der Waals surface area contributed by atoms with Crippen LogP contribution in [-0.4, -0.2) is 11.9 Å². The minimum Gasteiger partial charge on any atom is -0.351 e. The molecule has 0 bridgehead atoms. The van der Waals surface area contributed by atoms with E-state index < -0.39 is 0 Å². The van der Waals surface area contributed by atoms with Crippen molar-refractivity contribution in [3.63, 3.8) is 0 Å². The fourth-order valence-corrected chi connectivity index (χ4v) is 3.58. The van der Waals surface area contributed by atoms with E-state index in [1.54, 1.807) is 11.3 Å². The molecular formula is C12H17BrN2OS. The molecule has 0 unspecified atom stereocenters. The van der Waals surface area contributed by atoms with Gasteiger partial charge in [-0.25, -0.2) is 0 Å². The molecule has 1 heterocycles. The number of hydrogen-bond donors (Lipinski definition) is 2. The maximum atomic E-state index is 11.9. The third kappa shape index (κ3) is 3.53. The van der Waals surface area contributed by atoms with Gasteiger partial charge in [-0.2, -0.15) is 0 Å². The van der Waals surface area contributed by atoms with Gasteiger partial charge in [-0.1, -0.05) is 0 Å². The molecule has 1 fully saturated rings. The molecule has 0 aliphatic heterocycles. The first kappa shape index (κ1) is 13.1. The first-order valence-electron chi connectivity index (χ1n) is 5.92. The third-order valence-corrected chi connectivity index (χ3v) is 5.18. The maximum Gasteiger partial charge on any atom is 0.223 e. The average molecular weight is 317 g/mol. The van der Waals surface area contributed by atoms with E-state index in [9.17, 15) is 4.79 Å². The molecule has 0 saturated heterocycles. The second-order valence-corrected chi connectivity index (χ2v) is 6.38. The summed E-state index contributed by atoms with van der Waals surface area (Å²) in [6.07, 6.45) is 3.80. The van der Waals surface area contributed by atoms with Crippen molar-refractivity contribution in [1.29, 1.82) is 0 Å². The fourth-order valence-electron chi connectivity index (χ4n) is 2.14. The Hall–Kier alpha value is -0.390. The van der Waals surface area contributed by atoms with Crippen LogP contribution in [0.3, 0.4) is 0 Å². The van der Waals surface area contributed by atoms with Crippen molar-refractivity contribution in [2.75, 3.05) is 0 Å². The van der Waals surface area contributed by atoms with E-state index in [0.717, 1.165) is 30.2 Å². The van der Waals surface area contributed by atoms with Crippen LogP contribution in [0, 0.1) is 5.92 Å². The van der Waals surface area contributed by atoms with E-state index in [1.807, 2.05) is 11.4 Å². The lowest BCUT2D eigenvalue weighted by Crippen LogP contribution is -2.35. The normalized spacial score (nSPS) is 24.6. The number of amides is 1. The zero-order chi connectivity index (χ0) is 12.3. The summed E-state index contributed by atoms with van der Waals surface area (Å²) < 4.78 is 1.08. The van der Waals surface area contributed by atoms with E-state index in [0.29, 0.717) is 12.6 Å². The summed E-state index contributed by atoms with van der Waals surface area (Å²) in [7, 11) is 0. The van der Waals surface area contributed by atoms with Crippen molar-refractivity contribution in [2.45, 2.75) is 38.3 Å². The monoisotopic (exact) mass is 316 g/mol. The van der Waals surface area contributed by atoms with Gasteiger partial charge in [0.2, 0.25) is 5.91 Å². The molecular weight excluding hydrogens is 300 g/mol. The molecule has 0 spiro atoms. The molecule has 94 valence electrons. The number of thiophene rings is 1. The molecule has 1 aliphatic carbocycles. The smallest absolute Gasteiger partial charge is 0.223 e. The second kappa shape index (κ2) is 5.98. The van der Waals surface area contributed by atoms with Crippen molar-refractivity contribution in [1.82, 2.24) is 5.32 Å². The Balaban J connectivity index is 1.80. The summed E-state index contributed by atoms with van der Waals surface area (Å²) in [6, 6.07) is 2.30. The lowest BCUT2D eigenvalue weighted by molar-refractivity contribution is -0.126. The van der Waals surface area contributed by atoms with E-state index in [1.165, 1.54) is 4.88 Å².